The van der Waals surface area contributed by atoms with Crippen molar-refractivity contribution in [3.63, 3.8) is 0 Å². The summed E-state index contributed by atoms with van der Waals surface area (Å²) in [7, 11) is -1.55. The highest BCUT2D eigenvalue weighted by molar-refractivity contribution is 7.88. The van der Waals surface area contributed by atoms with Crippen LogP contribution in [0.3, 0.4) is 0 Å². The summed E-state index contributed by atoms with van der Waals surface area (Å²) in [6, 6.07) is 7.22. The number of sulfonamides is 1. The van der Waals surface area contributed by atoms with Gasteiger partial charge in [-0.15, -0.1) is 0 Å². The topological polar surface area (TPSA) is 90.0 Å². The Balaban J connectivity index is 2.06. The fourth-order valence-electron chi connectivity index (χ4n) is 2.04. The zero-order valence-corrected chi connectivity index (χ0v) is 12.3. The van der Waals surface area contributed by atoms with E-state index < -0.39 is 10.0 Å². The monoisotopic (exact) mass is 294 g/mol. The summed E-state index contributed by atoms with van der Waals surface area (Å²) in [5.41, 5.74) is 1.57. The summed E-state index contributed by atoms with van der Waals surface area (Å²) in [4.78, 5) is 4.28. The van der Waals surface area contributed by atoms with E-state index in [4.69, 9.17) is 5.14 Å². The van der Waals surface area contributed by atoms with Gasteiger partial charge in [0.25, 0.3) is 0 Å². The van der Waals surface area contributed by atoms with Gasteiger partial charge in [0.1, 0.15) is 5.82 Å². The average Bonchev–Trinajstić information content (AvgIpc) is 2.76. The number of rotatable bonds is 5. The molecule has 0 bridgehead atoms. The van der Waals surface area contributed by atoms with Crippen molar-refractivity contribution in [2.45, 2.75) is 18.7 Å². The van der Waals surface area contributed by atoms with Crippen molar-refractivity contribution in [1.29, 1.82) is 0 Å². The number of hydrogen-bond donors (Lipinski definition) is 2. The minimum atomic E-state index is -3.49. The zero-order valence-electron chi connectivity index (χ0n) is 11.4. The number of aryl methyl sites for hydroxylation is 1. The molecule has 1 aromatic carbocycles. The molecule has 0 fully saturated rings. The van der Waals surface area contributed by atoms with Gasteiger partial charge in [0.05, 0.1) is 11.8 Å². The van der Waals surface area contributed by atoms with Gasteiger partial charge in [0.15, 0.2) is 0 Å². The molecule has 0 aliphatic carbocycles. The molecule has 1 aromatic heterocycles. The van der Waals surface area contributed by atoms with Crippen LogP contribution in [0.25, 0.3) is 0 Å². The van der Waals surface area contributed by atoms with Gasteiger partial charge in [0.2, 0.25) is 10.0 Å². The molecule has 1 atom stereocenters. The van der Waals surface area contributed by atoms with Crippen LogP contribution in [-0.4, -0.2) is 18.0 Å². The molecule has 2 aromatic rings. The van der Waals surface area contributed by atoms with Crippen molar-refractivity contribution in [3.8, 4) is 0 Å². The summed E-state index contributed by atoms with van der Waals surface area (Å²) in [5, 5.41) is 8.32. The minimum absolute atomic E-state index is 0.0547. The lowest BCUT2D eigenvalue weighted by Crippen LogP contribution is -2.14. The summed E-state index contributed by atoms with van der Waals surface area (Å²) >= 11 is 0. The number of hydrogen-bond acceptors (Lipinski definition) is 4. The van der Waals surface area contributed by atoms with E-state index in [0.717, 1.165) is 11.5 Å². The maximum atomic E-state index is 11.0. The largest absolute Gasteiger partial charge is 0.375 e. The van der Waals surface area contributed by atoms with Gasteiger partial charge >= 0.3 is 0 Å². The Kier molecular flexibility index (Phi) is 4.10. The summed E-state index contributed by atoms with van der Waals surface area (Å²) in [6.07, 6.45) is 3.64. The number of benzene rings is 1. The SMILES string of the molecule is CC(Nc1ccc(CS(N)(=O)=O)cc1)c1nccn1C. The molecule has 0 saturated carbocycles. The Morgan fingerprint density at radius 2 is 2.00 bits per heavy atom. The van der Waals surface area contributed by atoms with Crippen molar-refractivity contribution in [2.75, 3.05) is 5.32 Å². The highest BCUT2D eigenvalue weighted by Crippen LogP contribution is 2.18. The van der Waals surface area contributed by atoms with E-state index in [9.17, 15) is 8.42 Å². The first-order chi connectivity index (χ1) is 9.35. The standard InChI is InChI=1S/C13H18N4O2S/c1-10(13-15-7-8-17(13)2)16-12-5-3-11(4-6-12)9-20(14,18)19/h3-8,10,16H,9H2,1-2H3,(H2,14,18,19). The first-order valence-electron chi connectivity index (χ1n) is 6.18. The van der Waals surface area contributed by atoms with Gasteiger partial charge < -0.3 is 9.88 Å². The molecule has 0 amide bonds. The summed E-state index contributed by atoms with van der Waals surface area (Å²) < 4.78 is 24.0. The second-order valence-electron chi connectivity index (χ2n) is 4.77. The van der Waals surface area contributed by atoms with Crippen LogP contribution in [0.2, 0.25) is 0 Å². The molecule has 7 heteroatoms. The van der Waals surface area contributed by atoms with Crippen molar-refractivity contribution < 1.29 is 8.42 Å². The summed E-state index contributed by atoms with van der Waals surface area (Å²) in [5.74, 6) is 0.779. The van der Waals surface area contributed by atoms with Crippen molar-refractivity contribution in [2.24, 2.45) is 12.2 Å². The first-order valence-corrected chi connectivity index (χ1v) is 7.90. The Labute approximate surface area is 118 Å². The maximum Gasteiger partial charge on any atom is 0.213 e. The maximum absolute atomic E-state index is 11.0. The first kappa shape index (κ1) is 14.5. The molecule has 6 nitrogen and oxygen atoms in total. The van der Waals surface area contributed by atoms with Crippen molar-refractivity contribution in [1.82, 2.24) is 9.55 Å². The number of primary sulfonamides is 1. The highest BCUT2D eigenvalue weighted by atomic mass is 32.2. The molecular formula is C13H18N4O2S. The van der Waals surface area contributed by atoms with E-state index in [0.29, 0.717) is 5.56 Å². The van der Waals surface area contributed by atoms with E-state index in [1.165, 1.54) is 0 Å². The van der Waals surface area contributed by atoms with E-state index in [-0.39, 0.29) is 11.8 Å². The lowest BCUT2D eigenvalue weighted by Gasteiger charge is -2.15. The molecule has 20 heavy (non-hydrogen) atoms. The molecule has 2 rings (SSSR count). The van der Waals surface area contributed by atoms with Crippen LogP contribution in [0.4, 0.5) is 5.69 Å². The van der Waals surface area contributed by atoms with Gasteiger partial charge in [-0.3, -0.25) is 0 Å². The summed E-state index contributed by atoms with van der Waals surface area (Å²) in [6.45, 7) is 2.01. The fourth-order valence-corrected chi connectivity index (χ4v) is 2.70. The van der Waals surface area contributed by atoms with Crippen LogP contribution in [-0.2, 0) is 22.8 Å². The van der Waals surface area contributed by atoms with Crippen LogP contribution in [0, 0.1) is 0 Å². The third kappa shape index (κ3) is 3.82. The Morgan fingerprint density at radius 3 is 2.50 bits per heavy atom. The van der Waals surface area contributed by atoms with Crippen LogP contribution >= 0.6 is 0 Å². The van der Waals surface area contributed by atoms with Gasteiger partial charge in [-0.1, -0.05) is 12.1 Å². The Morgan fingerprint density at radius 1 is 1.35 bits per heavy atom. The van der Waals surface area contributed by atoms with E-state index in [1.54, 1.807) is 18.3 Å². The number of nitrogens with one attached hydrogen (secondary N) is 1. The molecule has 1 unspecified atom stereocenters. The van der Waals surface area contributed by atoms with Gasteiger partial charge in [-0.05, 0) is 24.6 Å². The molecular weight excluding hydrogens is 276 g/mol. The van der Waals surface area contributed by atoms with Crippen LogP contribution in [0.5, 0.6) is 0 Å². The zero-order chi connectivity index (χ0) is 14.8. The normalized spacial score (nSPS) is 13.2. The van der Waals surface area contributed by atoms with Gasteiger partial charge in [-0.25, -0.2) is 18.5 Å². The molecule has 108 valence electrons. The fraction of sp³-hybridized carbons (Fsp3) is 0.308. The molecule has 0 radical (unpaired) electrons. The van der Waals surface area contributed by atoms with E-state index >= 15 is 0 Å². The number of aromatic nitrogens is 2. The molecule has 0 aliphatic rings. The predicted molar refractivity (Wildman–Crippen MR) is 78.5 cm³/mol. The highest BCUT2D eigenvalue weighted by Gasteiger charge is 2.10. The lowest BCUT2D eigenvalue weighted by molar-refractivity contribution is 0.597. The van der Waals surface area contributed by atoms with Crippen molar-refractivity contribution in [3.05, 3.63) is 48.0 Å². The Hall–Kier alpha value is -1.86. The number of anilines is 1. The Bertz CT molecular complexity index is 677. The molecule has 1 heterocycles. The number of nitrogens with two attached hydrogens (primary N) is 1. The average molecular weight is 294 g/mol. The second-order valence-corrected chi connectivity index (χ2v) is 6.38. The van der Waals surface area contributed by atoms with Crippen LogP contribution in [0.15, 0.2) is 36.7 Å². The predicted octanol–water partition coefficient (Wildman–Crippen LogP) is 1.38. The number of nitrogens with zero attached hydrogens (tertiary/aromatic N) is 2. The van der Waals surface area contributed by atoms with Crippen LogP contribution in [0.1, 0.15) is 24.4 Å². The number of imidazole rings is 1. The molecule has 3 N–H and O–H groups in total. The third-order valence-electron chi connectivity index (χ3n) is 2.95. The molecule has 0 spiro atoms. The van der Waals surface area contributed by atoms with Gasteiger partial charge in [-0.2, -0.15) is 0 Å². The van der Waals surface area contributed by atoms with E-state index in [1.807, 2.05) is 36.9 Å². The van der Waals surface area contributed by atoms with Crippen LogP contribution < -0.4 is 10.5 Å². The van der Waals surface area contributed by atoms with Crippen molar-refractivity contribution >= 4 is 15.7 Å². The van der Waals surface area contributed by atoms with E-state index in [2.05, 4.69) is 10.3 Å². The molecule has 0 aliphatic heterocycles. The molecule has 0 saturated heterocycles. The minimum Gasteiger partial charge on any atom is -0.375 e. The smallest absolute Gasteiger partial charge is 0.213 e. The second kappa shape index (κ2) is 5.64. The van der Waals surface area contributed by atoms with Gasteiger partial charge in [0, 0.05) is 25.1 Å². The third-order valence-corrected chi connectivity index (χ3v) is 3.69. The lowest BCUT2D eigenvalue weighted by atomic mass is 10.2. The quantitative estimate of drug-likeness (QED) is 0.871.